The molecule has 14 nitrogen and oxygen atoms in total. The van der Waals surface area contributed by atoms with E-state index < -0.39 is 29.7 Å². The SMILES string of the molecule is N#Cc1ccc(OC2C3COCC2CN(C(=O)c2ccc(N4CCN(C5CCN(c6ccc7c(c6)C(=O)N(C6CCC(=O)NC6=O)C7=O)CC5)CC4)cc2)C3)cc1Cl. The number of imide groups is 2. The van der Waals surface area contributed by atoms with Gasteiger partial charge in [-0.25, -0.2) is 0 Å². The van der Waals surface area contributed by atoms with Crippen molar-refractivity contribution >= 4 is 52.5 Å². The molecule has 3 unspecified atom stereocenters. The fraction of sp³-hybridized carbons (Fsp3) is 0.442. The molecule has 3 aromatic rings. The summed E-state index contributed by atoms with van der Waals surface area (Å²) in [5.41, 5.74) is 3.65. The number of anilines is 2. The van der Waals surface area contributed by atoms with Gasteiger partial charge in [0.15, 0.2) is 0 Å². The van der Waals surface area contributed by atoms with Gasteiger partial charge in [-0.15, -0.1) is 0 Å². The molecule has 2 bridgehead atoms. The summed E-state index contributed by atoms with van der Waals surface area (Å²) in [6, 6.07) is 19.9. The van der Waals surface area contributed by atoms with Crippen LogP contribution in [0.2, 0.25) is 5.02 Å². The number of nitriles is 1. The molecular formula is C43H44ClN7O7. The van der Waals surface area contributed by atoms with E-state index in [1.807, 2.05) is 23.1 Å². The number of piperazine rings is 1. The minimum absolute atomic E-state index is 0.00801. The molecule has 58 heavy (non-hydrogen) atoms. The van der Waals surface area contributed by atoms with Crippen LogP contribution in [0, 0.1) is 23.2 Å². The molecule has 15 heteroatoms. The average Bonchev–Trinajstić information content (AvgIpc) is 3.48. The Balaban J connectivity index is 0.753. The molecule has 5 fully saturated rings. The first kappa shape index (κ1) is 38.1. The number of nitrogens with one attached hydrogen (secondary N) is 1. The van der Waals surface area contributed by atoms with Crippen LogP contribution in [-0.2, 0) is 14.3 Å². The number of benzene rings is 3. The highest BCUT2D eigenvalue weighted by Crippen LogP contribution is 2.35. The van der Waals surface area contributed by atoms with Gasteiger partial charge in [-0.05, 0) is 73.9 Å². The lowest BCUT2D eigenvalue weighted by atomic mass is 9.84. The zero-order valence-electron chi connectivity index (χ0n) is 32.0. The van der Waals surface area contributed by atoms with Gasteiger partial charge in [-0.1, -0.05) is 11.6 Å². The fourth-order valence-corrected chi connectivity index (χ4v) is 9.77. The number of nitrogens with zero attached hydrogens (tertiary/aromatic N) is 6. The number of piperidine rings is 3. The Morgan fingerprint density at radius 2 is 1.47 bits per heavy atom. The van der Waals surface area contributed by atoms with E-state index >= 15 is 0 Å². The van der Waals surface area contributed by atoms with Crippen LogP contribution >= 0.6 is 11.6 Å². The molecule has 3 atom stereocenters. The van der Waals surface area contributed by atoms with Crippen molar-refractivity contribution in [2.24, 2.45) is 11.8 Å². The van der Waals surface area contributed by atoms with Gasteiger partial charge in [0.05, 0.1) is 34.9 Å². The normalized spacial score (nSPS) is 25.4. The lowest BCUT2D eigenvalue weighted by molar-refractivity contribution is -0.136. The minimum Gasteiger partial charge on any atom is -0.489 e. The Morgan fingerprint density at radius 3 is 2.14 bits per heavy atom. The third-order valence-corrected chi connectivity index (χ3v) is 13.0. The summed E-state index contributed by atoms with van der Waals surface area (Å²) in [5.74, 6) is -1.33. The van der Waals surface area contributed by atoms with Gasteiger partial charge >= 0.3 is 0 Å². The summed E-state index contributed by atoms with van der Waals surface area (Å²) in [7, 11) is 0. The quantitative estimate of drug-likeness (QED) is 0.349. The number of hydrogen-bond donors (Lipinski definition) is 1. The monoisotopic (exact) mass is 805 g/mol. The maximum Gasteiger partial charge on any atom is 0.262 e. The van der Waals surface area contributed by atoms with Crippen LogP contribution in [0.1, 0.15) is 62.3 Å². The number of fused-ring (bicyclic) bond motifs is 3. The van der Waals surface area contributed by atoms with Gasteiger partial charge in [-0.3, -0.25) is 39.1 Å². The zero-order valence-corrected chi connectivity index (χ0v) is 32.7. The summed E-state index contributed by atoms with van der Waals surface area (Å²) in [6.07, 6.45) is 2.06. The highest BCUT2D eigenvalue weighted by molar-refractivity contribution is 6.31. The van der Waals surface area contributed by atoms with Crippen LogP contribution < -0.4 is 19.9 Å². The van der Waals surface area contributed by atoms with Crippen molar-refractivity contribution in [2.75, 3.05) is 75.4 Å². The molecular weight excluding hydrogens is 762 g/mol. The highest BCUT2D eigenvalue weighted by Gasteiger charge is 2.46. The van der Waals surface area contributed by atoms with Crippen LogP contribution in [0.25, 0.3) is 0 Å². The molecule has 5 saturated heterocycles. The summed E-state index contributed by atoms with van der Waals surface area (Å²) in [6.45, 7) is 7.38. The lowest BCUT2D eigenvalue weighted by Gasteiger charge is -2.46. The molecule has 5 amide bonds. The van der Waals surface area contributed by atoms with E-state index in [0.717, 1.165) is 68.4 Å². The minimum atomic E-state index is -0.977. The van der Waals surface area contributed by atoms with Crippen molar-refractivity contribution in [3.63, 3.8) is 0 Å². The van der Waals surface area contributed by atoms with Crippen molar-refractivity contribution in [3.8, 4) is 11.8 Å². The lowest BCUT2D eigenvalue weighted by Crippen LogP contribution is -2.58. The first-order chi connectivity index (χ1) is 28.1. The predicted molar refractivity (Wildman–Crippen MR) is 213 cm³/mol. The molecule has 6 aliphatic rings. The smallest absolute Gasteiger partial charge is 0.262 e. The number of likely N-dealkylation sites (tertiary alicyclic amines) is 1. The number of halogens is 1. The Bertz CT molecular complexity index is 2180. The van der Waals surface area contributed by atoms with Crippen LogP contribution in [0.15, 0.2) is 60.7 Å². The highest BCUT2D eigenvalue weighted by atomic mass is 35.5. The number of rotatable bonds is 7. The maximum atomic E-state index is 13.7. The maximum absolute atomic E-state index is 13.7. The summed E-state index contributed by atoms with van der Waals surface area (Å²) in [5, 5.41) is 11.8. The number of amides is 5. The molecule has 0 spiro atoms. The number of ether oxygens (including phenoxy) is 2. The average molecular weight is 806 g/mol. The standard InChI is InChI=1S/C43H44ClN7O7/c44-36-20-33(7-3-27(36)21-45)58-39-28-22-50(23-29(39)25-57-24-28)41(54)26-1-4-30(5-2-26)48-15-17-49(18-16-48)31-11-13-47(14-12-31)32-6-8-34-35(19-32)43(56)51(42(34)55)37-9-10-38(52)46-40(37)53/h1-8,19-20,28-29,31,37,39H,9-18,22-25H2,(H,46,52,53). The summed E-state index contributed by atoms with van der Waals surface area (Å²) >= 11 is 6.25. The first-order valence-corrected chi connectivity index (χ1v) is 20.5. The molecule has 3 aromatic carbocycles. The Hall–Kier alpha value is -5.49. The van der Waals surface area contributed by atoms with Gasteiger partial charge < -0.3 is 24.2 Å². The van der Waals surface area contributed by atoms with Crippen molar-refractivity contribution in [1.82, 2.24) is 20.0 Å². The zero-order chi connectivity index (χ0) is 40.1. The Kier molecular flexibility index (Phi) is 10.3. The Labute approximate surface area is 341 Å². The van der Waals surface area contributed by atoms with Crippen molar-refractivity contribution in [2.45, 2.75) is 43.9 Å². The van der Waals surface area contributed by atoms with Gasteiger partial charge in [0.2, 0.25) is 11.8 Å². The van der Waals surface area contributed by atoms with Gasteiger partial charge in [0.1, 0.15) is 24.0 Å². The molecule has 0 aromatic heterocycles. The summed E-state index contributed by atoms with van der Waals surface area (Å²) < 4.78 is 12.2. The van der Waals surface area contributed by atoms with E-state index in [1.165, 1.54) is 0 Å². The first-order valence-electron chi connectivity index (χ1n) is 20.1. The third kappa shape index (κ3) is 7.16. The van der Waals surface area contributed by atoms with E-state index in [2.05, 4.69) is 38.2 Å². The molecule has 6 heterocycles. The topological polar surface area (TPSA) is 156 Å². The second-order valence-corrected chi connectivity index (χ2v) is 16.5. The summed E-state index contributed by atoms with van der Waals surface area (Å²) in [4.78, 5) is 74.4. The Morgan fingerprint density at radius 1 is 0.793 bits per heavy atom. The van der Waals surface area contributed by atoms with E-state index in [-0.39, 0.29) is 36.7 Å². The molecule has 6 aliphatic heterocycles. The van der Waals surface area contributed by atoms with Crippen LogP contribution in [0.3, 0.4) is 0 Å². The van der Waals surface area contributed by atoms with Crippen molar-refractivity contribution in [3.05, 3.63) is 87.9 Å². The van der Waals surface area contributed by atoms with Gasteiger partial charge in [0.25, 0.3) is 17.7 Å². The number of carbonyl (C=O) groups excluding carboxylic acids is 5. The molecule has 9 rings (SSSR count). The predicted octanol–water partition coefficient (Wildman–Crippen LogP) is 3.57. The molecule has 0 saturated carbocycles. The molecule has 0 radical (unpaired) electrons. The molecule has 300 valence electrons. The van der Waals surface area contributed by atoms with Gasteiger partial charge in [0, 0.05) is 99.7 Å². The van der Waals surface area contributed by atoms with Crippen molar-refractivity contribution < 1.29 is 33.4 Å². The molecule has 0 aliphatic carbocycles. The van der Waals surface area contributed by atoms with E-state index in [9.17, 15) is 29.2 Å². The largest absolute Gasteiger partial charge is 0.489 e. The second kappa shape index (κ2) is 15.7. The van der Waals surface area contributed by atoms with Crippen LogP contribution in [0.5, 0.6) is 5.75 Å². The third-order valence-electron chi connectivity index (χ3n) is 12.7. The van der Waals surface area contributed by atoms with E-state index in [0.29, 0.717) is 65.4 Å². The molecule has 1 N–H and O–H groups in total. The van der Waals surface area contributed by atoms with E-state index in [4.69, 9.17) is 21.1 Å². The second-order valence-electron chi connectivity index (χ2n) is 16.1. The van der Waals surface area contributed by atoms with Gasteiger partial charge in [-0.2, -0.15) is 5.26 Å². The number of hydrogen-bond acceptors (Lipinski definition) is 11. The van der Waals surface area contributed by atoms with Crippen LogP contribution in [-0.4, -0.2) is 128 Å². The van der Waals surface area contributed by atoms with Crippen LogP contribution in [0.4, 0.5) is 11.4 Å². The number of carbonyl (C=O) groups is 5. The van der Waals surface area contributed by atoms with E-state index in [1.54, 1.807) is 30.3 Å². The van der Waals surface area contributed by atoms with Crippen molar-refractivity contribution in [1.29, 1.82) is 5.26 Å². The fourth-order valence-electron chi connectivity index (χ4n) is 9.56.